The first kappa shape index (κ1) is 13.5. The highest BCUT2D eigenvalue weighted by Gasteiger charge is 2.30. The van der Waals surface area contributed by atoms with Gasteiger partial charge in [0.15, 0.2) is 0 Å². The van der Waals surface area contributed by atoms with E-state index in [0.29, 0.717) is 24.6 Å². The Morgan fingerprint density at radius 1 is 1.42 bits per heavy atom. The maximum Gasteiger partial charge on any atom is 0.317 e. The average molecular weight is 264 g/mol. The summed E-state index contributed by atoms with van der Waals surface area (Å²) >= 11 is 0. The van der Waals surface area contributed by atoms with Gasteiger partial charge in [0.25, 0.3) is 5.69 Å². The summed E-state index contributed by atoms with van der Waals surface area (Å²) in [4.78, 5) is 23.2. The van der Waals surface area contributed by atoms with Crippen LogP contribution in [0.3, 0.4) is 0 Å². The Morgan fingerprint density at radius 2 is 2.11 bits per heavy atom. The number of para-hydroxylation sites is 1. The van der Waals surface area contributed by atoms with Crippen molar-refractivity contribution in [2.75, 3.05) is 13.1 Å². The number of carboxylic acids is 1. The highest BCUT2D eigenvalue weighted by Crippen LogP contribution is 2.27. The number of nitrogens with zero attached hydrogens (tertiary/aromatic N) is 2. The smallest absolute Gasteiger partial charge is 0.317 e. The number of rotatable bonds is 7. The first-order chi connectivity index (χ1) is 9.08. The minimum absolute atomic E-state index is 0.00526. The van der Waals surface area contributed by atoms with Crippen LogP contribution < -0.4 is 0 Å². The molecule has 1 saturated carbocycles. The molecule has 0 aromatic heterocycles. The SMILES string of the molecule is O=C(O)CN(CCc1ccccc1[N+](=O)[O-])C1CC1. The molecule has 1 aromatic rings. The Morgan fingerprint density at radius 3 is 2.68 bits per heavy atom. The van der Waals surface area contributed by atoms with E-state index in [1.165, 1.54) is 6.07 Å². The van der Waals surface area contributed by atoms with Crippen LogP contribution in [0, 0.1) is 10.1 Å². The molecule has 0 unspecified atom stereocenters. The van der Waals surface area contributed by atoms with E-state index in [1.807, 2.05) is 4.90 Å². The lowest BCUT2D eigenvalue weighted by Crippen LogP contribution is -2.33. The second kappa shape index (κ2) is 5.79. The van der Waals surface area contributed by atoms with Crippen molar-refractivity contribution in [1.82, 2.24) is 4.90 Å². The molecule has 6 heteroatoms. The fourth-order valence-electron chi connectivity index (χ4n) is 2.17. The van der Waals surface area contributed by atoms with Crippen molar-refractivity contribution in [2.24, 2.45) is 0 Å². The van der Waals surface area contributed by atoms with Crippen molar-refractivity contribution in [3.63, 3.8) is 0 Å². The molecule has 1 N–H and O–H groups in total. The highest BCUT2D eigenvalue weighted by molar-refractivity contribution is 5.69. The summed E-state index contributed by atoms with van der Waals surface area (Å²) in [5.41, 5.74) is 0.761. The van der Waals surface area contributed by atoms with Gasteiger partial charge in [0.2, 0.25) is 0 Å². The first-order valence-electron chi connectivity index (χ1n) is 6.26. The largest absolute Gasteiger partial charge is 0.480 e. The number of nitro groups is 1. The van der Waals surface area contributed by atoms with Crippen LogP contribution in [-0.4, -0.2) is 40.0 Å². The van der Waals surface area contributed by atoms with Crippen LogP contribution in [0.2, 0.25) is 0 Å². The van der Waals surface area contributed by atoms with Gasteiger partial charge in [-0.15, -0.1) is 0 Å². The summed E-state index contributed by atoms with van der Waals surface area (Å²) in [5.74, 6) is -0.852. The predicted molar refractivity (Wildman–Crippen MR) is 69.0 cm³/mol. The van der Waals surface area contributed by atoms with E-state index >= 15 is 0 Å². The van der Waals surface area contributed by atoms with Crippen LogP contribution in [0.25, 0.3) is 0 Å². The average Bonchev–Trinajstić information content (AvgIpc) is 3.18. The van der Waals surface area contributed by atoms with Crippen molar-refractivity contribution in [1.29, 1.82) is 0 Å². The summed E-state index contributed by atoms with van der Waals surface area (Å²) in [6, 6.07) is 6.94. The lowest BCUT2D eigenvalue weighted by Gasteiger charge is -2.19. The van der Waals surface area contributed by atoms with Crippen LogP contribution in [0.1, 0.15) is 18.4 Å². The van der Waals surface area contributed by atoms with Crippen molar-refractivity contribution < 1.29 is 14.8 Å². The molecular weight excluding hydrogens is 248 g/mol. The van der Waals surface area contributed by atoms with Gasteiger partial charge in [-0.3, -0.25) is 19.8 Å². The van der Waals surface area contributed by atoms with Gasteiger partial charge in [0, 0.05) is 24.2 Å². The van der Waals surface area contributed by atoms with Crippen molar-refractivity contribution >= 4 is 11.7 Å². The fraction of sp³-hybridized carbons (Fsp3) is 0.462. The van der Waals surface area contributed by atoms with Crippen LogP contribution in [0.5, 0.6) is 0 Å². The van der Waals surface area contributed by atoms with Crippen molar-refractivity contribution in [3.8, 4) is 0 Å². The number of hydrogen-bond donors (Lipinski definition) is 1. The second-order valence-electron chi connectivity index (χ2n) is 4.73. The van der Waals surface area contributed by atoms with Gasteiger partial charge in [0.05, 0.1) is 11.5 Å². The summed E-state index contributed by atoms with van der Waals surface area (Å²) in [7, 11) is 0. The number of aliphatic carboxylic acids is 1. The van der Waals surface area contributed by atoms with Gasteiger partial charge in [-0.2, -0.15) is 0 Å². The van der Waals surface area contributed by atoms with E-state index in [1.54, 1.807) is 18.2 Å². The molecule has 0 aliphatic heterocycles. The van der Waals surface area contributed by atoms with Crippen LogP contribution in [0.4, 0.5) is 5.69 Å². The third-order valence-electron chi connectivity index (χ3n) is 3.26. The molecule has 0 atom stereocenters. The van der Waals surface area contributed by atoms with Crippen molar-refractivity contribution in [3.05, 3.63) is 39.9 Å². The third kappa shape index (κ3) is 3.75. The lowest BCUT2D eigenvalue weighted by atomic mass is 10.1. The van der Waals surface area contributed by atoms with Gasteiger partial charge < -0.3 is 5.11 Å². The number of carbonyl (C=O) groups is 1. The zero-order valence-electron chi connectivity index (χ0n) is 10.5. The quantitative estimate of drug-likeness (QED) is 0.598. The molecule has 102 valence electrons. The van der Waals surface area contributed by atoms with E-state index in [2.05, 4.69) is 0 Å². The second-order valence-corrected chi connectivity index (χ2v) is 4.73. The molecule has 1 fully saturated rings. The molecular formula is C13H16N2O4. The molecule has 0 heterocycles. The molecule has 2 rings (SSSR count). The molecule has 0 saturated heterocycles. The third-order valence-corrected chi connectivity index (χ3v) is 3.26. The Hall–Kier alpha value is -1.95. The molecule has 1 aromatic carbocycles. The Balaban J connectivity index is 2.00. The summed E-state index contributed by atoms with van der Waals surface area (Å²) < 4.78 is 0. The Bertz CT molecular complexity index is 485. The van der Waals surface area contributed by atoms with Crippen LogP contribution in [0.15, 0.2) is 24.3 Å². The standard InChI is InChI=1S/C13H16N2O4/c16-13(17)9-14(11-5-6-11)8-7-10-3-1-2-4-12(10)15(18)19/h1-4,11H,5-9H2,(H,16,17). The van der Waals surface area contributed by atoms with Gasteiger partial charge >= 0.3 is 5.97 Å². The maximum atomic E-state index is 10.9. The molecule has 1 aliphatic carbocycles. The zero-order valence-corrected chi connectivity index (χ0v) is 10.5. The molecule has 0 spiro atoms. The molecule has 19 heavy (non-hydrogen) atoms. The van der Waals surface area contributed by atoms with Crippen LogP contribution in [-0.2, 0) is 11.2 Å². The van der Waals surface area contributed by atoms with Gasteiger partial charge in [-0.05, 0) is 19.3 Å². The number of carboxylic acid groups (broad SMARTS) is 1. The summed E-state index contributed by atoms with van der Waals surface area (Å²) in [6.45, 7) is 0.549. The fourth-order valence-corrected chi connectivity index (χ4v) is 2.17. The molecule has 6 nitrogen and oxygen atoms in total. The Kier molecular flexibility index (Phi) is 4.11. The minimum atomic E-state index is -0.852. The number of hydrogen-bond acceptors (Lipinski definition) is 4. The molecule has 1 aliphatic rings. The normalized spacial score (nSPS) is 14.6. The summed E-state index contributed by atoms with van der Waals surface area (Å²) in [5, 5.41) is 19.7. The van der Waals surface area contributed by atoms with Gasteiger partial charge in [-0.1, -0.05) is 18.2 Å². The topological polar surface area (TPSA) is 83.7 Å². The van der Waals surface area contributed by atoms with E-state index in [4.69, 9.17) is 5.11 Å². The van der Waals surface area contributed by atoms with Gasteiger partial charge in [0.1, 0.15) is 0 Å². The number of benzene rings is 1. The van der Waals surface area contributed by atoms with E-state index < -0.39 is 10.9 Å². The van der Waals surface area contributed by atoms with E-state index in [-0.39, 0.29) is 12.2 Å². The first-order valence-corrected chi connectivity index (χ1v) is 6.26. The van der Waals surface area contributed by atoms with Gasteiger partial charge in [-0.25, -0.2) is 0 Å². The number of nitro benzene ring substituents is 1. The lowest BCUT2D eigenvalue weighted by molar-refractivity contribution is -0.385. The monoisotopic (exact) mass is 264 g/mol. The highest BCUT2D eigenvalue weighted by atomic mass is 16.6. The van der Waals surface area contributed by atoms with Crippen molar-refractivity contribution in [2.45, 2.75) is 25.3 Å². The van der Waals surface area contributed by atoms with E-state index in [0.717, 1.165) is 12.8 Å². The summed E-state index contributed by atoms with van der Waals surface area (Å²) in [6.07, 6.45) is 2.54. The zero-order chi connectivity index (χ0) is 13.8. The molecule has 0 radical (unpaired) electrons. The van der Waals surface area contributed by atoms with E-state index in [9.17, 15) is 14.9 Å². The molecule has 0 amide bonds. The minimum Gasteiger partial charge on any atom is -0.480 e. The van der Waals surface area contributed by atoms with Crippen LogP contribution >= 0.6 is 0 Å². The molecule has 0 bridgehead atoms. The predicted octanol–water partition coefficient (Wildman–Crippen LogP) is 1.69. The Labute approximate surface area is 110 Å². The maximum absolute atomic E-state index is 10.9.